The third-order valence-electron chi connectivity index (χ3n) is 4.67. The number of hydrogen-bond acceptors (Lipinski definition) is 6. The molecule has 1 fully saturated rings. The summed E-state index contributed by atoms with van der Waals surface area (Å²) in [6.07, 6.45) is -0.435. The lowest BCUT2D eigenvalue weighted by Gasteiger charge is -2.30. The Bertz CT molecular complexity index is 992. The summed E-state index contributed by atoms with van der Waals surface area (Å²) in [6, 6.07) is 1.86. The van der Waals surface area contributed by atoms with Crippen molar-refractivity contribution >= 4 is 21.7 Å². The smallest absolute Gasteiger partial charge is 0.395 e. The molecule has 0 aromatic carbocycles. The summed E-state index contributed by atoms with van der Waals surface area (Å²) >= 11 is 0. The molecule has 164 valence electrons. The highest BCUT2D eigenvalue weighted by molar-refractivity contribution is 7.89. The first kappa shape index (κ1) is 22.2. The van der Waals surface area contributed by atoms with E-state index >= 15 is 0 Å². The molecule has 1 saturated heterocycles. The lowest BCUT2D eigenvalue weighted by molar-refractivity contribution is -0.137. The van der Waals surface area contributed by atoms with Crippen molar-refractivity contribution in [1.82, 2.24) is 18.8 Å². The topological polar surface area (TPSA) is 117 Å². The summed E-state index contributed by atoms with van der Waals surface area (Å²) in [4.78, 5) is 20.0. The molecule has 0 saturated carbocycles. The zero-order valence-electron chi connectivity index (χ0n) is 15.7. The van der Waals surface area contributed by atoms with E-state index in [2.05, 4.69) is 15.3 Å². The quantitative estimate of drug-likeness (QED) is 0.690. The van der Waals surface area contributed by atoms with Gasteiger partial charge in [-0.05, 0) is 25.0 Å². The Morgan fingerprint density at radius 2 is 2.07 bits per heavy atom. The van der Waals surface area contributed by atoms with Gasteiger partial charge in [-0.15, -0.1) is 0 Å². The van der Waals surface area contributed by atoms with Gasteiger partial charge in [-0.2, -0.15) is 17.5 Å². The van der Waals surface area contributed by atoms with Crippen LogP contribution in [0.1, 0.15) is 18.4 Å². The van der Waals surface area contributed by atoms with Crippen LogP contribution in [0.15, 0.2) is 35.9 Å². The number of carbonyl (C=O) groups excluding carboxylic acids is 1. The Balaban J connectivity index is 1.66. The van der Waals surface area contributed by atoms with Crippen LogP contribution in [0.5, 0.6) is 0 Å². The van der Waals surface area contributed by atoms with Gasteiger partial charge in [0.05, 0.1) is 24.4 Å². The van der Waals surface area contributed by atoms with Gasteiger partial charge in [-0.3, -0.25) is 4.79 Å². The normalized spacial score (nSPS) is 18.3. The first-order valence-corrected chi connectivity index (χ1v) is 10.5. The van der Waals surface area contributed by atoms with Gasteiger partial charge in [0, 0.05) is 32.0 Å². The third-order valence-corrected chi connectivity index (χ3v) is 6.42. The fourth-order valence-corrected chi connectivity index (χ4v) is 4.54. The molecule has 3 heterocycles. The molecule has 0 aliphatic carbocycles. The molecule has 1 amide bonds. The Morgan fingerprint density at radius 1 is 1.30 bits per heavy atom. The molecule has 1 atom stereocenters. The molecule has 13 heteroatoms. The fraction of sp³-hybridized carbons (Fsp3) is 0.471. The predicted octanol–water partition coefficient (Wildman–Crippen LogP) is 1.33. The minimum absolute atomic E-state index is 0.0456. The summed E-state index contributed by atoms with van der Waals surface area (Å²) in [5.74, 6) is -1.25. The molecule has 2 aromatic heterocycles. The second-order valence-corrected chi connectivity index (χ2v) is 8.68. The van der Waals surface area contributed by atoms with Gasteiger partial charge in [0.15, 0.2) is 5.03 Å². The number of imidazole rings is 1. The van der Waals surface area contributed by atoms with Crippen molar-refractivity contribution in [2.24, 2.45) is 5.92 Å². The maximum Gasteiger partial charge on any atom is 0.417 e. The number of sulfonamides is 1. The number of pyridine rings is 1. The Morgan fingerprint density at radius 3 is 2.70 bits per heavy atom. The van der Waals surface area contributed by atoms with Gasteiger partial charge < -0.3 is 15.0 Å². The number of rotatable bonds is 6. The summed E-state index contributed by atoms with van der Waals surface area (Å²) in [6.45, 7) is 0.173. The molecule has 3 rings (SSSR count). The van der Waals surface area contributed by atoms with E-state index in [1.54, 1.807) is 0 Å². The highest BCUT2D eigenvalue weighted by Crippen LogP contribution is 2.29. The molecule has 1 aliphatic heterocycles. The maximum atomic E-state index is 12.8. The van der Waals surface area contributed by atoms with E-state index in [4.69, 9.17) is 5.11 Å². The van der Waals surface area contributed by atoms with Crippen molar-refractivity contribution in [3.05, 3.63) is 36.4 Å². The van der Waals surface area contributed by atoms with Crippen LogP contribution in [0.2, 0.25) is 0 Å². The van der Waals surface area contributed by atoms with Crippen molar-refractivity contribution in [2.75, 3.05) is 25.0 Å². The number of aliphatic hydroxyl groups excluding tert-OH is 1. The molecule has 2 aromatic rings. The molecule has 1 aliphatic rings. The molecule has 2 N–H and O–H groups in total. The second-order valence-electron chi connectivity index (χ2n) is 6.79. The number of alkyl halides is 3. The van der Waals surface area contributed by atoms with Crippen molar-refractivity contribution in [3.63, 3.8) is 0 Å². The number of amides is 1. The highest BCUT2D eigenvalue weighted by atomic mass is 32.2. The van der Waals surface area contributed by atoms with Crippen LogP contribution >= 0.6 is 0 Å². The van der Waals surface area contributed by atoms with Crippen molar-refractivity contribution in [1.29, 1.82) is 0 Å². The number of nitrogens with zero attached hydrogens (tertiary/aromatic N) is 4. The monoisotopic (exact) mass is 447 g/mol. The average molecular weight is 447 g/mol. The van der Waals surface area contributed by atoms with Crippen LogP contribution in [0.4, 0.5) is 19.0 Å². The second kappa shape index (κ2) is 8.70. The van der Waals surface area contributed by atoms with Gasteiger partial charge in [0.1, 0.15) is 5.82 Å². The molecule has 0 unspecified atom stereocenters. The molecular weight excluding hydrogens is 427 g/mol. The zero-order chi connectivity index (χ0) is 21.9. The van der Waals surface area contributed by atoms with Gasteiger partial charge in [0.2, 0.25) is 5.91 Å². The fourth-order valence-electron chi connectivity index (χ4n) is 3.08. The third kappa shape index (κ3) is 4.96. The van der Waals surface area contributed by atoms with E-state index in [1.165, 1.54) is 17.1 Å². The molecule has 0 radical (unpaired) electrons. The standard InChI is InChI=1S/C17H20F3N5O4S/c18-17(19,20)13-3-4-14(21-8-13)23-16(27)12-2-1-5-25(9-12)30(28,29)15-10-24(6-7-26)11-22-15/h3-4,8,10-12,26H,1-2,5-7,9H2,(H,21,23,27)/t12-/m1/s1. The number of halogens is 3. The van der Waals surface area contributed by atoms with Gasteiger partial charge in [0.25, 0.3) is 10.0 Å². The lowest BCUT2D eigenvalue weighted by atomic mass is 9.99. The largest absolute Gasteiger partial charge is 0.417 e. The number of anilines is 1. The SMILES string of the molecule is O=C(Nc1ccc(C(F)(F)F)cn1)[C@@H]1CCCN(S(=O)(=O)c2cn(CCO)cn2)C1. The maximum absolute atomic E-state index is 12.8. The Kier molecular flexibility index (Phi) is 6.43. The minimum Gasteiger partial charge on any atom is -0.395 e. The van der Waals surface area contributed by atoms with E-state index in [1.807, 2.05) is 0 Å². The van der Waals surface area contributed by atoms with Crippen LogP contribution in [0.25, 0.3) is 0 Å². The van der Waals surface area contributed by atoms with Crippen molar-refractivity contribution in [2.45, 2.75) is 30.6 Å². The average Bonchev–Trinajstić information content (AvgIpc) is 3.18. The summed E-state index contributed by atoms with van der Waals surface area (Å²) in [5, 5.41) is 11.2. The number of aliphatic hydroxyl groups is 1. The summed E-state index contributed by atoms with van der Waals surface area (Å²) < 4.78 is 66.0. The van der Waals surface area contributed by atoms with Crippen LogP contribution in [0, 0.1) is 5.92 Å². The van der Waals surface area contributed by atoms with Crippen LogP contribution in [0.3, 0.4) is 0 Å². The van der Waals surface area contributed by atoms with E-state index < -0.39 is 33.6 Å². The van der Waals surface area contributed by atoms with Gasteiger partial charge in [-0.1, -0.05) is 0 Å². The van der Waals surface area contributed by atoms with E-state index in [9.17, 15) is 26.4 Å². The lowest BCUT2D eigenvalue weighted by Crippen LogP contribution is -2.43. The number of piperidine rings is 1. The number of aromatic nitrogens is 3. The van der Waals surface area contributed by atoms with Crippen molar-refractivity contribution in [3.8, 4) is 0 Å². The number of carbonyl (C=O) groups is 1. The highest BCUT2D eigenvalue weighted by Gasteiger charge is 2.35. The van der Waals surface area contributed by atoms with E-state index in [-0.39, 0.29) is 37.1 Å². The number of nitrogens with one attached hydrogen (secondary N) is 1. The van der Waals surface area contributed by atoms with Crippen molar-refractivity contribution < 1.29 is 31.5 Å². The minimum atomic E-state index is -4.53. The molecular formula is C17H20F3N5O4S. The molecule has 30 heavy (non-hydrogen) atoms. The van der Waals surface area contributed by atoms with Gasteiger partial charge >= 0.3 is 6.18 Å². The first-order valence-electron chi connectivity index (χ1n) is 9.08. The van der Waals surface area contributed by atoms with E-state index in [0.29, 0.717) is 19.0 Å². The van der Waals surface area contributed by atoms with Crippen LogP contribution in [-0.2, 0) is 27.5 Å². The summed E-state index contributed by atoms with van der Waals surface area (Å²) in [7, 11) is -3.92. The molecule has 0 spiro atoms. The van der Waals surface area contributed by atoms with Crippen LogP contribution in [-0.4, -0.2) is 58.0 Å². The van der Waals surface area contributed by atoms with E-state index in [0.717, 1.165) is 16.4 Å². The Hall–Kier alpha value is -2.51. The summed E-state index contributed by atoms with van der Waals surface area (Å²) in [5.41, 5.74) is -0.934. The van der Waals surface area contributed by atoms with Gasteiger partial charge in [-0.25, -0.2) is 18.4 Å². The molecule has 0 bridgehead atoms. The predicted molar refractivity (Wildman–Crippen MR) is 98.7 cm³/mol. The van der Waals surface area contributed by atoms with Crippen LogP contribution < -0.4 is 5.32 Å². The number of hydrogen-bond donors (Lipinski definition) is 2. The zero-order valence-corrected chi connectivity index (χ0v) is 16.5. The Labute approximate surface area is 170 Å². The molecule has 9 nitrogen and oxygen atoms in total. The first-order chi connectivity index (χ1) is 14.1.